The Morgan fingerprint density at radius 3 is 2.44 bits per heavy atom. The second-order valence-corrected chi connectivity index (χ2v) is 10.3. The lowest BCUT2D eigenvalue weighted by atomic mass is 10.0. The number of carbonyl (C=O) groups is 3. The van der Waals surface area contributed by atoms with E-state index in [2.05, 4.69) is 15.5 Å². The Labute approximate surface area is 237 Å². The molecule has 2 fully saturated rings. The summed E-state index contributed by atoms with van der Waals surface area (Å²) in [5, 5.41) is 5.54. The number of carbonyl (C=O) groups excluding carboxylic acids is 3. The monoisotopic (exact) mass is 555 g/mol. The summed E-state index contributed by atoms with van der Waals surface area (Å²) in [7, 11) is 0. The fraction of sp³-hybridized carbons (Fsp3) is 0.258. The van der Waals surface area contributed by atoms with Crippen LogP contribution in [0.3, 0.4) is 0 Å². The first-order chi connectivity index (χ1) is 19.9. The fourth-order valence-corrected chi connectivity index (χ4v) is 5.45. The lowest BCUT2D eigenvalue weighted by molar-refractivity contribution is -0.119. The van der Waals surface area contributed by atoms with Crippen LogP contribution in [0.2, 0.25) is 0 Å². The molecule has 3 aliphatic rings. The zero-order valence-corrected chi connectivity index (χ0v) is 22.6. The van der Waals surface area contributed by atoms with Crippen molar-refractivity contribution in [3.63, 3.8) is 0 Å². The second kappa shape index (κ2) is 11.0. The van der Waals surface area contributed by atoms with Gasteiger partial charge in [0.2, 0.25) is 5.91 Å². The number of para-hydroxylation sites is 1. The number of ether oxygens (including phenoxy) is 1. The van der Waals surface area contributed by atoms with Crippen molar-refractivity contribution in [1.29, 1.82) is 0 Å². The maximum absolute atomic E-state index is 15.2. The predicted molar refractivity (Wildman–Crippen MR) is 157 cm³/mol. The molecule has 10 heteroatoms. The summed E-state index contributed by atoms with van der Waals surface area (Å²) in [5.74, 6) is -0.701. The third kappa shape index (κ3) is 5.45. The lowest BCUT2D eigenvalue weighted by Crippen LogP contribution is -2.46. The van der Waals surface area contributed by atoms with E-state index in [4.69, 9.17) is 4.74 Å². The molecule has 1 atom stereocenters. The third-order valence-electron chi connectivity index (χ3n) is 7.60. The van der Waals surface area contributed by atoms with Gasteiger partial charge in [-0.3, -0.25) is 14.5 Å². The van der Waals surface area contributed by atoms with Crippen LogP contribution in [0.5, 0.6) is 0 Å². The summed E-state index contributed by atoms with van der Waals surface area (Å²) < 4.78 is 20.5. The van der Waals surface area contributed by atoms with Gasteiger partial charge in [-0.15, -0.1) is 0 Å². The van der Waals surface area contributed by atoms with E-state index in [9.17, 15) is 14.4 Å². The van der Waals surface area contributed by atoms with Crippen LogP contribution in [0.25, 0.3) is 11.6 Å². The Bertz CT molecular complexity index is 1530. The molecule has 3 amide bonds. The van der Waals surface area contributed by atoms with E-state index in [0.717, 1.165) is 35.6 Å². The highest BCUT2D eigenvalue weighted by atomic mass is 19.1. The molecule has 0 aliphatic carbocycles. The first kappa shape index (κ1) is 26.4. The highest BCUT2D eigenvalue weighted by Gasteiger charge is 2.33. The van der Waals surface area contributed by atoms with Gasteiger partial charge in [-0.1, -0.05) is 30.3 Å². The number of fused-ring (bicyclic) bond motifs is 1. The summed E-state index contributed by atoms with van der Waals surface area (Å²) in [6, 6.07) is 20.6. The quantitative estimate of drug-likeness (QED) is 0.445. The summed E-state index contributed by atoms with van der Waals surface area (Å²) >= 11 is 0. The molecule has 3 aromatic rings. The number of halogens is 1. The Kier molecular flexibility index (Phi) is 7.05. The van der Waals surface area contributed by atoms with Gasteiger partial charge < -0.3 is 25.2 Å². The summed E-state index contributed by atoms with van der Waals surface area (Å²) in [6.45, 7) is 4.59. The number of rotatable bonds is 6. The van der Waals surface area contributed by atoms with E-state index < -0.39 is 18.0 Å². The largest absolute Gasteiger partial charge is 0.442 e. The van der Waals surface area contributed by atoms with Gasteiger partial charge in [0.15, 0.2) is 0 Å². The topological polar surface area (TPSA) is 94.2 Å². The maximum Gasteiger partial charge on any atom is 0.414 e. The molecule has 41 heavy (non-hydrogen) atoms. The molecule has 6 rings (SSSR count). The third-order valence-corrected chi connectivity index (χ3v) is 7.60. The van der Waals surface area contributed by atoms with Gasteiger partial charge in [0.1, 0.15) is 11.9 Å². The van der Waals surface area contributed by atoms with Gasteiger partial charge in [0.05, 0.1) is 24.5 Å². The van der Waals surface area contributed by atoms with Crippen molar-refractivity contribution in [3.05, 3.63) is 83.7 Å². The van der Waals surface area contributed by atoms with E-state index in [1.807, 2.05) is 59.5 Å². The molecule has 0 bridgehead atoms. The Morgan fingerprint density at radius 2 is 1.71 bits per heavy atom. The van der Waals surface area contributed by atoms with Crippen molar-refractivity contribution in [2.24, 2.45) is 0 Å². The normalized spacial score (nSPS) is 19.3. The minimum absolute atomic E-state index is 0.0989. The number of benzene rings is 3. The number of piperazine rings is 1. The molecule has 3 heterocycles. The van der Waals surface area contributed by atoms with E-state index in [-0.39, 0.29) is 24.9 Å². The van der Waals surface area contributed by atoms with Crippen molar-refractivity contribution in [2.45, 2.75) is 13.0 Å². The van der Waals surface area contributed by atoms with Crippen LogP contribution in [-0.2, 0) is 14.3 Å². The number of cyclic esters (lactones) is 1. The first-order valence-electron chi connectivity index (χ1n) is 13.6. The van der Waals surface area contributed by atoms with Gasteiger partial charge in [0, 0.05) is 55.6 Å². The van der Waals surface area contributed by atoms with Crippen LogP contribution >= 0.6 is 0 Å². The van der Waals surface area contributed by atoms with E-state index in [1.54, 1.807) is 12.1 Å². The van der Waals surface area contributed by atoms with E-state index in [0.29, 0.717) is 30.0 Å². The molecule has 2 saturated heterocycles. The lowest BCUT2D eigenvalue weighted by Gasteiger charge is -2.37. The SMILES string of the molecule is CC(=O)NC[C@H]1CN(c2ccc(N3CCN(c4ccc(/C=C5\C(=O)Nc6ccccc65)cc4)CC3)c(F)c2)C(=O)O1. The molecule has 0 saturated carbocycles. The van der Waals surface area contributed by atoms with Gasteiger partial charge in [-0.2, -0.15) is 0 Å². The second-order valence-electron chi connectivity index (χ2n) is 10.3. The van der Waals surface area contributed by atoms with Crippen LogP contribution in [-0.4, -0.2) is 63.3 Å². The molecule has 0 spiro atoms. The van der Waals surface area contributed by atoms with Gasteiger partial charge >= 0.3 is 6.09 Å². The maximum atomic E-state index is 15.2. The number of hydrogen-bond acceptors (Lipinski definition) is 6. The smallest absolute Gasteiger partial charge is 0.414 e. The standard InChI is InChI=1S/C31H30FN5O4/c1-20(38)33-18-24-19-37(31(40)41-24)23-10-11-29(27(32)17-23)36-14-12-35(13-15-36)22-8-6-21(7-9-22)16-26-25-4-2-3-5-28(25)34-30(26)39/h2-11,16-17,24H,12-15,18-19H2,1H3,(H,33,38)(H,34,39)/b26-16-/t24-/m0/s1. The summed E-state index contributed by atoms with van der Waals surface area (Å²) in [6.07, 6.45) is 0.867. The van der Waals surface area contributed by atoms with Crippen molar-refractivity contribution >= 4 is 52.3 Å². The van der Waals surface area contributed by atoms with Crippen LogP contribution in [0, 0.1) is 5.82 Å². The van der Waals surface area contributed by atoms with E-state index >= 15 is 4.39 Å². The molecule has 0 aromatic heterocycles. The molecule has 0 radical (unpaired) electrons. The zero-order valence-electron chi connectivity index (χ0n) is 22.6. The Balaban J connectivity index is 1.07. The van der Waals surface area contributed by atoms with Crippen molar-refractivity contribution < 1.29 is 23.5 Å². The average molecular weight is 556 g/mol. The van der Waals surface area contributed by atoms with Crippen LogP contribution in [0.15, 0.2) is 66.7 Å². The molecule has 2 N–H and O–H groups in total. The molecule has 3 aromatic carbocycles. The average Bonchev–Trinajstić information content (AvgIpc) is 3.51. The van der Waals surface area contributed by atoms with Gasteiger partial charge in [-0.05, 0) is 48.0 Å². The number of anilines is 4. The summed E-state index contributed by atoms with van der Waals surface area (Å²) in [4.78, 5) is 41.5. The number of hydrogen-bond donors (Lipinski definition) is 2. The van der Waals surface area contributed by atoms with Crippen molar-refractivity contribution in [3.8, 4) is 0 Å². The molecule has 0 unspecified atom stereocenters. The number of nitrogens with one attached hydrogen (secondary N) is 2. The molecule has 210 valence electrons. The van der Waals surface area contributed by atoms with Crippen molar-refractivity contribution in [2.75, 3.05) is 59.3 Å². The van der Waals surface area contributed by atoms with Gasteiger partial charge in [-0.25, -0.2) is 9.18 Å². The fourth-order valence-electron chi connectivity index (χ4n) is 5.45. The van der Waals surface area contributed by atoms with E-state index in [1.165, 1.54) is 17.9 Å². The highest BCUT2D eigenvalue weighted by molar-refractivity contribution is 6.34. The Morgan fingerprint density at radius 1 is 1.00 bits per heavy atom. The number of amides is 3. The Hall–Kier alpha value is -4.86. The van der Waals surface area contributed by atoms with Gasteiger partial charge in [0.25, 0.3) is 5.91 Å². The molecular formula is C31H30FN5O4. The van der Waals surface area contributed by atoms with Crippen LogP contribution in [0.1, 0.15) is 18.1 Å². The minimum atomic E-state index is -0.556. The number of nitrogens with zero attached hydrogens (tertiary/aromatic N) is 3. The molecular weight excluding hydrogens is 525 g/mol. The van der Waals surface area contributed by atoms with Crippen LogP contribution < -0.4 is 25.3 Å². The van der Waals surface area contributed by atoms with Crippen molar-refractivity contribution in [1.82, 2.24) is 5.32 Å². The zero-order chi connectivity index (χ0) is 28.5. The molecule has 9 nitrogen and oxygen atoms in total. The summed E-state index contributed by atoms with van der Waals surface area (Å²) in [5.41, 5.74) is 5.32. The molecule has 3 aliphatic heterocycles. The van der Waals surface area contributed by atoms with Crippen LogP contribution in [0.4, 0.5) is 31.9 Å². The minimum Gasteiger partial charge on any atom is -0.442 e. The highest BCUT2D eigenvalue weighted by Crippen LogP contribution is 2.33. The first-order valence-corrected chi connectivity index (χ1v) is 13.6. The predicted octanol–water partition coefficient (Wildman–Crippen LogP) is 4.11.